The topological polar surface area (TPSA) is 51.4 Å². The molecule has 4 nitrogen and oxygen atoms in total. The van der Waals surface area contributed by atoms with Gasteiger partial charge in [-0.25, -0.2) is 4.98 Å². The molecule has 1 aromatic rings. The molecule has 2 rings (SSSR count). The number of hydrogen-bond donors (Lipinski definition) is 1. The van der Waals surface area contributed by atoms with Crippen LogP contribution < -0.4 is 10.6 Å². The van der Waals surface area contributed by atoms with E-state index in [1.807, 2.05) is 0 Å². The van der Waals surface area contributed by atoms with E-state index >= 15 is 0 Å². The van der Waals surface area contributed by atoms with Crippen LogP contribution in [-0.2, 0) is 11.3 Å². The van der Waals surface area contributed by atoms with Gasteiger partial charge in [0, 0.05) is 20.2 Å². The predicted molar refractivity (Wildman–Crippen MR) is 79.4 cm³/mol. The minimum Gasteiger partial charge on any atom is -0.389 e. The lowest BCUT2D eigenvalue weighted by Crippen LogP contribution is -2.23. The van der Waals surface area contributed by atoms with Crippen LogP contribution in [0.2, 0.25) is 0 Å². The molecule has 0 aliphatic carbocycles. The van der Waals surface area contributed by atoms with E-state index in [4.69, 9.17) is 22.7 Å². The largest absolute Gasteiger partial charge is 0.389 e. The van der Waals surface area contributed by atoms with E-state index in [9.17, 15) is 0 Å². The van der Waals surface area contributed by atoms with Gasteiger partial charge < -0.3 is 15.4 Å². The highest BCUT2D eigenvalue weighted by Crippen LogP contribution is 2.28. The molecule has 1 saturated heterocycles. The summed E-state index contributed by atoms with van der Waals surface area (Å²) in [7, 11) is 1.66. The van der Waals surface area contributed by atoms with Crippen LogP contribution in [0.3, 0.4) is 0 Å². The van der Waals surface area contributed by atoms with Gasteiger partial charge in [-0.2, -0.15) is 0 Å². The lowest BCUT2D eigenvalue weighted by Gasteiger charge is -2.18. The number of hydrogen-bond acceptors (Lipinski definition) is 5. The first-order valence-electron chi connectivity index (χ1n) is 6.25. The van der Waals surface area contributed by atoms with Crippen molar-refractivity contribution in [3.63, 3.8) is 0 Å². The Morgan fingerprint density at radius 1 is 1.39 bits per heavy atom. The molecule has 0 saturated carbocycles. The molecule has 6 heteroatoms. The van der Waals surface area contributed by atoms with Crippen LogP contribution in [0.1, 0.15) is 36.3 Å². The Morgan fingerprint density at radius 3 is 2.61 bits per heavy atom. The van der Waals surface area contributed by atoms with Gasteiger partial charge in [0.05, 0.1) is 17.2 Å². The maximum absolute atomic E-state index is 5.75. The third kappa shape index (κ3) is 3.18. The number of methoxy groups -OCH3 is 1. The van der Waals surface area contributed by atoms with Crippen LogP contribution in [0, 0.1) is 0 Å². The predicted octanol–water partition coefficient (Wildman–Crippen LogP) is 2.30. The molecule has 0 bridgehead atoms. The van der Waals surface area contributed by atoms with E-state index in [2.05, 4.69) is 9.88 Å². The highest BCUT2D eigenvalue weighted by molar-refractivity contribution is 7.81. The Bertz CT molecular complexity index is 411. The minimum atomic E-state index is 0.417. The van der Waals surface area contributed by atoms with Crippen molar-refractivity contribution in [2.75, 3.05) is 25.1 Å². The number of anilines is 1. The molecule has 0 amide bonds. The Kier molecular flexibility index (Phi) is 4.91. The van der Waals surface area contributed by atoms with Crippen molar-refractivity contribution in [2.24, 2.45) is 5.73 Å². The van der Waals surface area contributed by atoms with E-state index < -0.39 is 0 Å². The third-order valence-electron chi connectivity index (χ3n) is 3.07. The first-order valence-corrected chi connectivity index (χ1v) is 7.48. The monoisotopic (exact) mass is 285 g/mol. The number of nitrogens with two attached hydrogens (primary N) is 1. The van der Waals surface area contributed by atoms with E-state index in [1.54, 1.807) is 18.4 Å². The van der Waals surface area contributed by atoms with Gasteiger partial charge in [0.15, 0.2) is 5.13 Å². The van der Waals surface area contributed by atoms with Gasteiger partial charge in [0.25, 0.3) is 0 Å². The van der Waals surface area contributed by atoms with Crippen LogP contribution in [-0.4, -0.2) is 30.2 Å². The summed E-state index contributed by atoms with van der Waals surface area (Å²) < 4.78 is 5.15. The molecule has 2 heterocycles. The number of aromatic nitrogens is 1. The molecule has 1 aliphatic rings. The van der Waals surface area contributed by atoms with Crippen LogP contribution >= 0.6 is 23.6 Å². The number of ether oxygens (including phenoxy) is 1. The molecular weight excluding hydrogens is 266 g/mol. The van der Waals surface area contributed by atoms with Gasteiger partial charge in [-0.1, -0.05) is 36.4 Å². The van der Waals surface area contributed by atoms with Crippen molar-refractivity contribution < 1.29 is 4.74 Å². The first-order chi connectivity index (χ1) is 8.72. The average molecular weight is 285 g/mol. The van der Waals surface area contributed by atoms with Crippen molar-refractivity contribution in [1.82, 2.24) is 4.98 Å². The molecule has 1 fully saturated rings. The first kappa shape index (κ1) is 13.7. The zero-order valence-electron chi connectivity index (χ0n) is 10.6. The van der Waals surface area contributed by atoms with Crippen molar-refractivity contribution >= 4 is 33.7 Å². The van der Waals surface area contributed by atoms with Crippen LogP contribution in [0.25, 0.3) is 0 Å². The highest BCUT2D eigenvalue weighted by Gasteiger charge is 2.18. The fourth-order valence-electron chi connectivity index (χ4n) is 2.16. The normalized spacial score (nSPS) is 16.6. The fourth-order valence-corrected chi connectivity index (χ4v) is 3.38. The molecule has 0 aromatic carbocycles. The van der Waals surface area contributed by atoms with Gasteiger partial charge in [-0.3, -0.25) is 0 Å². The van der Waals surface area contributed by atoms with E-state index in [0.29, 0.717) is 11.6 Å². The summed E-state index contributed by atoms with van der Waals surface area (Å²) in [6, 6.07) is 0. The molecule has 1 aliphatic heterocycles. The number of nitrogens with zero attached hydrogens (tertiary/aromatic N) is 2. The highest BCUT2D eigenvalue weighted by atomic mass is 32.1. The maximum atomic E-state index is 5.75. The molecule has 1 aromatic heterocycles. The molecule has 0 atom stereocenters. The quantitative estimate of drug-likeness (QED) is 0.860. The average Bonchev–Trinajstić information content (AvgIpc) is 2.59. The Labute approximate surface area is 117 Å². The van der Waals surface area contributed by atoms with Gasteiger partial charge in [0.1, 0.15) is 4.99 Å². The number of rotatable bonds is 4. The second-order valence-corrected chi connectivity index (χ2v) is 5.89. The summed E-state index contributed by atoms with van der Waals surface area (Å²) in [4.78, 5) is 8.30. The SMILES string of the molecule is COCc1nc(N2CCCCCC2)sc1C(N)=S. The standard InChI is InChI=1S/C12H19N3OS2/c1-16-8-9-10(11(13)17)18-12(14-9)15-6-4-2-3-5-7-15/h2-8H2,1H3,(H2,13,17). The van der Waals surface area contributed by atoms with Gasteiger partial charge in [-0.15, -0.1) is 0 Å². The second-order valence-electron chi connectivity index (χ2n) is 4.47. The zero-order valence-corrected chi connectivity index (χ0v) is 12.3. The summed E-state index contributed by atoms with van der Waals surface area (Å²) in [6.45, 7) is 2.63. The van der Waals surface area contributed by atoms with Crippen molar-refractivity contribution in [1.29, 1.82) is 0 Å². The van der Waals surface area contributed by atoms with Crippen LogP contribution in [0.5, 0.6) is 0 Å². The third-order valence-corrected chi connectivity index (χ3v) is 4.59. The summed E-state index contributed by atoms with van der Waals surface area (Å²) >= 11 is 6.67. The van der Waals surface area contributed by atoms with Crippen molar-refractivity contribution in [2.45, 2.75) is 32.3 Å². The van der Waals surface area contributed by atoms with Gasteiger partial charge in [-0.05, 0) is 12.8 Å². The molecule has 18 heavy (non-hydrogen) atoms. The smallest absolute Gasteiger partial charge is 0.186 e. The fraction of sp³-hybridized carbons (Fsp3) is 0.667. The lowest BCUT2D eigenvalue weighted by molar-refractivity contribution is 0.182. The molecular formula is C12H19N3OS2. The van der Waals surface area contributed by atoms with E-state index in [1.165, 1.54) is 25.7 Å². The Balaban J connectivity index is 2.21. The van der Waals surface area contributed by atoms with E-state index in [-0.39, 0.29) is 0 Å². The van der Waals surface area contributed by atoms with Crippen LogP contribution in [0.15, 0.2) is 0 Å². The number of thiazole rings is 1. The molecule has 2 N–H and O–H groups in total. The Morgan fingerprint density at radius 2 is 2.06 bits per heavy atom. The summed E-state index contributed by atoms with van der Waals surface area (Å²) in [5, 5.41) is 1.03. The molecule has 0 unspecified atom stereocenters. The summed E-state index contributed by atoms with van der Waals surface area (Å²) in [5.41, 5.74) is 6.62. The van der Waals surface area contributed by atoms with Gasteiger partial charge in [0.2, 0.25) is 0 Å². The summed E-state index contributed by atoms with van der Waals surface area (Å²) in [6.07, 6.45) is 5.10. The maximum Gasteiger partial charge on any atom is 0.186 e. The molecule has 0 spiro atoms. The lowest BCUT2D eigenvalue weighted by atomic mass is 10.2. The van der Waals surface area contributed by atoms with Crippen molar-refractivity contribution in [3.05, 3.63) is 10.6 Å². The molecule has 100 valence electrons. The zero-order chi connectivity index (χ0) is 13.0. The Hall–Kier alpha value is -0.720. The van der Waals surface area contributed by atoms with Gasteiger partial charge >= 0.3 is 0 Å². The van der Waals surface area contributed by atoms with Crippen LogP contribution in [0.4, 0.5) is 5.13 Å². The van der Waals surface area contributed by atoms with Crippen molar-refractivity contribution in [3.8, 4) is 0 Å². The minimum absolute atomic E-state index is 0.417. The van der Waals surface area contributed by atoms with E-state index in [0.717, 1.165) is 28.8 Å². The summed E-state index contributed by atoms with van der Waals surface area (Å²) in [5.74, 6) is 0. The molecule has 0 radical (unpaired) electrons. The second kappa shape index (κ2) is 6.45. The number of thiocarbonyl (C=S) groups is 1.